The fraction of sp³-hybridized carbons (Fsp3) is 0.950. The standard InChI is InChI=1S/C20H41NO/c1-3-4-5-6-7-8-9-10-11-12-13-14-15-16-17-18-20(22)19-21-2/h21H,3-19H2,1-2H3. The molecule has 0 unspecified atom stereocenters. The lowest BCUT2D eigenvalue weighted by molar-refractivity contribution is -0.118. The number of carbonyl (C=O) groups is 1. The van der Waals surface area contributed by atoms with Crippen molar-refractivity contribution in [2.24, 2.45) is 0 Å². The summed E-state index contributed by atoms with van der Waals surface area (Å²) >= 11 is 0. The van der Waals surface area contributed by atoms with Crippen LogP contribution in [0.15, 0.2) is 0 Å². The third-order valence-corrected chi connectivity index (χ3v) is 4.43. The summed E-state index contributed by atoms with van der Waals surface area (Å²) in [6.07, 6.45) is 21.4. The molecule has 0 saturated carbocycles. The van der Waals surface area contributed by atoms with Gasteiger partial charge in [-0.1, -0.05) is 96.8 Å². The van der Waals surface area contributed by atoms with Crippen molar-refractivity contribution in [1.29, 1.82) is 0 Å². The minimum Gasteiger partial charge on any atom is -0.313 e. The fourth-order valence-corrected chi connectivity index (χ4v) is 2.98. The van der Waals surface area contributed by atoms with Crippen molar-refractivity contribution in [2.75, 3.05) is 13.6 Å². The normalized spacial score (nSPS) is 11.0. The van der Waals surface area contributed by atoms with Crippen molar-refractivity contribution >= 4 is 5.78 Å². The average molecular weight is 312 g/mol. The van der Waals surface area contributed by atoms with Gasteiger partial charge in [-0.2, -0.15) is 0 Å². The summed E-state index contributed by atoms with van der Waals surface area (Å²) in [5.41, 5.74) is 0. The maximum atomic E-state index is 11.3. The molecule has 0 amide bonds. The number of ketones is 1. The quantitative estimate of drug-likeness (QED) is 0.313. The number of nitrogens with one attached hydrogen (secondary N) is 1. The zero-order valence-electron chi connectivity index (χ0n) is 15.4. The van der Waals surface area contributed by atoms with Gasteiger partial charge >= 0.3 is 0 Å². The Morgan fingerprint density at radius 3 is 1.36 bits per heavy atom. The minimum absolute atomic E-state index is 0.359. The molecule has 0 aromatic rings. The third kappa shape index (κ3) is 17.7. The van der Waals surface area contributed by atoms with Gasteiger partial charge in [0.1, 0.15) is 5.78 Å². The highest BCUT2D eigenvalue weighted by molar-refractivity contribution is 5.80. The Morgan fingerprint density at radius 2 is 1.00 bits per heavy atom. The monoisotopic (exact) mass is 311 g/mol. The molecule has 0 aromatic heterocycles. The van der Waals surface area contributed by atoms with Gasteiger partial charge in [-0.15, -0.1) is 0 Å². The number of Topliss-reactive ketones (excluding diaryl/α,β-unsaturated/α-hetero) is 1. The molecule has 0 fully saturated rings. The highest BCUT2D eigenvalue weighted by Crippen LogP contribution is 2.13. The van der Waals surface area contributed by atoms with Crippen LogP contribution in [0.4, 0.5) is 0 Å². The third-order valence-electron chi connectivity index (χ3n) is 4.43. The molecule has 0 aliphatic carbocycles. The molecule has 22 heavy (non-hydrogen) atoms. The van der Waals surface area contributed by atoms with Crippen molar-refractivity contribution in [2.45, 2.75) is 110 Å². The summed E-state index contributed by atoms with van der Waals surface area (Å²) in [5.74, 6) is 0.359. The number of hydrogen-bond acceptors (Lipinski definition) is 2. The van der Waals surface area contributed by atoms with Crippen LogP contribution in [0.2, 0.25) is 0 Å². The van der Waals surface area contributed by atoms with Gasteiger partial charge in [0.25, 0.3) is 0 Å². The largest absolute Gasteiger partial charge is 0.313 e. The predicted octanol–water partition coefficient (Wildman–Crippen LogP) is 6.04. The van der Waals surface area contributed by atoms with Crippen molar-refractivity contribution in [3.8, 4) is 0 Å². The highest BCUT2D eigenvalue weighted by Gasteiger charge is 1.99. The van der Waals surface area contributed by atoms with Gasteiger partial charge in [0, 0.05) is 6.42 Å². The maximum absolute atomic E-state index is 11.3. The molecular weight excluding hydrogens is 270 g/mol. The van der Waals surface area contributed by atoms with Gasteiger partial charge in [0.2, 0.25) is 0 Å². The number of likely N-dealkylation sites (N-methyl/N-ethyl adjacent to an activating group) is 1. The van der Waals surface area contributed by atoms with E-state index in [0.717, 1.165) is 12.8 Å². The van der Waals surface area contributed by atoms with Gasteiger partial charge in [0.05, 0.1) is 6.54 Å². The lowest BCUT2D eigenvalue weighted by Crippen LogP contribution is -2.17. The van der Waals surface area contributed by atoms with E-state index in [4.69, 9.17) is 0 Å². The Balaban J connectivity index is 3.01. The lowest BCUT2D eigenvalue weighted by Gasteiger charge is -2.03. The topological polar surface area (TPSA) is 29.1 Å². The Kier molecular flexibility index (Phi) is 18.4. The molecule has 2 nitrogen and oxygen atoms in total. The van der Waals surface area contributed by atoms with Gasteiger partial charge < -0.3 is 5.32 Å². The van der Waals surface area contributed by atoms with E-state index in [1.165, 1.54) is 89.9 Å². The van der Waals surface area contributed by atoms with Crippen LogP contribution in [0.3, 0.4) is 0 Å². The van der Waals surface area contributed by atoms with E-state index >= 15 is 0 Å². The molecule has 0 spiro atoms. The molecule has 0 heterocycles. The molecule has 1 N–H and O–H groups in total. The first-order valence-electron chi connectivity index (χ1n) is 9.97. The molecule has 0 bridgehead atoms. The van der Waals surface area contributed by atoms with Crippen LogP contribution in [-0.4, -0.2) is 19.4 Å². The summed E-state index contributed by atoms with van der Waals surface area (Å²) in [6.45, 7) is 2.82. The first-order valence-corrected chi connectivity index (χ1v) is 9.97. The van der Waals surface area contributed by atoms with Crippen LogP contribution in [0.25, 0.3) is 0 Å². The summed E-state index contributed by atoms with van der Waals surface area (Å²) < 4.78 is 0. The molecule has 132 valence electrons. The zero-order chi connectivity index (χ0) is 16.3. The molecule has 0 atom stereocenters. The first kappa shape index (κ1) is 21.6. The van der Waals surface area contributed by atoms with E-state index in [0.29, 0.717) is 12.3 Å². The van der Waals surface area contributed by atoms with Crippen molar-refractivity contribution in [1.82, 2.24) is 5.32 Å². The predicted molar refractivity (Wildman–Crippen MR) is 98.5 cm³/mol. The van der Waals surface area contributed by atoms with Gasteiger partial charge in [-0.3, -0.25) is 4.79 Å². The number of rotatable bonds is 18. The molecule has 0 saturated heterocycles. The fourth-order valence-electron chi connectivity index (χ4n) is 2.98. The number of hydrogen-bond donors (Lipinski definition) is 1. The van der Waals surface area contributed by atoms with E-state index in [2.05, 4.69) is 12.2 Å². The molecule has 0 rings (SSSR count). The molecule has 0 aliphatic rings. The van der Waals surface area contributed by atoms with E-state index in [1.54, 1.807) is 0 Å². The minimum atomic E-state index is 0.359. The molecule has 2 heteroatoms. The Morgan fingerprint density at radius 1 is 0.636 bits per heavy atom. The van der Waals surface area contributed by atoms with Crippen LogP contribution in [-0.2, 0) is 4.79 Å². The molecule has 0 radical (unpaired) electrons. The van der Waals surface area contributed by atoms with Crippen LogP contribution >= 0.6 is 0 Å². The zero-order valence-corrected chi connectivity index (χ0v) is 15.4. The summed E-state index contributed by atoms with van der Waals surface area (Å²) in [7, 11) is 1.84. The highest BCUT2D eigenvalue weighted by atomic mass is 16.1. The molecule has 0 aromatic carbocycles. The average Bonchev–Trinajstić information content (AvgIpc) is 2.51. The summed E-state index contributed by atoms with van der Waals surface area (Å²) in [4.78, 5) is 11.3. The summed E-state index contributed by atoms with van der Waals surface area (Å²) in [6, 6.07) is 0. The summed E-state index contributed by atoms with van der Waals surface area (Å²) in [5, 5.41) is 2.92. The van der Waals surface area contributed by atoms with Gasteiger partial charge in [-0.05, 0) is 13.5 Å². The molecular formula is C20H41NO. The van der Waals surface area contributed by atoms with Gasteiger partial charge in [-0.25, -0.2) is 0 Å². The van der Waals surface area contributed by atoms with E-state index in [1.807, 2.05) is 7.05 Å². The van der Waals surface area contributed by atoms with E-state index < -0.39 is 0 Å². The second-order valence-corrected chi connectivity index (χ2v) is 6.77. The van der Waals surface area contributed by atoms with Crippen LogP contribution < -0.4 is 5.32 Å². The number of carbonyl (C=O) groups excluding carboxylic acids is 1. The van der Waals surface area contributed by atoms with Gasteiger partial charge in [0.15, 0.2) is 0 Å². The van der Waals surface area contributed by atoms with Crippen LogP contribution in [0.5, 0.6) is 0 Å². The SMILES string of the molecule is CCCCCCCCCCCCCCCCCC(=O)CNC. The van der Waals surface area contributed by atoms with Crippen LogP contribution in [0.1, 0.15) is 110 Å². The Bertz CT molecular complexity index is 228. The maximum Gasteiger partial charge on any atom is 0.146 e. The smallest absolute Gasteiger partial charge is 0.146 e. The lowest BCUT2D eigenvalue weighted by atomic mass is 10.0. The molecule has 0 aliphatic heterocycles. The Hall–Kier alpha value is -0.370. The second-order valence-electron chi connectivity index (χ2n) is 6.77. The first-order chi connectivity index (χ1) is 10.8. The number of unbranched alkanes of at least 4 members (excludes halogenated alkanes) is 14. The van der Waals surface area contributed by atoms with Crippen LogP contribution in [0, 0.1) is 0 Å². The Labute approximate surface area is 139 Å². The second kappa shape index (κ2) is 18.7. The van der Waals surface area contributed by atoms with Crippen molar-refractivity contribution < 1.29 is 4.79 Å². The van der Waals surface area contributed by atoms with E-state index in [-0.39, 0.29) is 0 Å². The van der Waals surface area contributed by atoms with E-state index in [9.17, 15) is 4.79 Å². The van der Waals surface area contributed by atoms with Crippen molar-refractivity contribution in [3.63, 3.8) is 0 Å². The van der Waals surface area contributed by atoms with Crippen molar-refractivity contribution in [3.05, 3.63) is 0 Å².